The van der Waals surface area contributed by atoms with Gasteiger partial charge >= 0.3 is 0 Å². The number of hydrogen-bond acceptors (Lipinski definition) is 0. The summed E-state index contributed by atoms with van der Waals surface area (Å²) >= 11 is 0. The van der Waals surface area contributed by atoms with Crippen molar-refractivity contribution in [2.75, 3.05) is 0 Å². The first-order valence-corrected chi connectivity index (χ1v) is 4.54. The van der Waals surface area contributed by atoms with Crippen molar-refractivity contribution in [1.29, 1.82) is 0 Å². The molecule has 0 nitrogen and oxygen atoms in total. The van der Waals surface area contributed by atoms with Gasteiger partial charge in [0, 0.05) is 0 Å². The molecule has 0 saturated carbocycles. The third-order valence-corrected chi connectivity index (χ3v) is 1.74. The molecule has 0 unspecified atom stereocenters. The van der Waals surface area contributed by atoms with E-state index in [1.54, 1.807) is 6.08 Å². The number of benzene rings is 1. The summed E-state index contributed by atoms with van der Waals surface area (Å²) in [7, 11) is 0. The first-order valence-electron chi connectivity index (χ1n) is 4.54. The standard InChI is InChI=1S/C14H14/c1-3-4-8-13(2)11-12-14-9-6-5-7-10-14/h3-12H,1-2H2/b8-4-,12-11?. The lowest BCUT2D eigenvalue weighted by Gasteiger charge is -1.91. The van der Waals surface area contributed by atoms with Gasteiger partial charge in [-0.15, -0.1) is 0 Å². The highest BCUT2D eigenvalue weighted by Gasteiger charge is 1.82. The Morgan fingerprint density at radius 3 is 2.43 bits per heavy atom. The van der Waals surface area contributed by atoms with E-state index in [9.17, 15) is 0 Å². The summed E-state index contributed by atoms with van der Waals surface area (Å²) in [4.78, 5) is 0. The molecule has 0 amide bonds. The average Bonchev–Trinajstić information content (AvgIpc) is 2.25. The van der Waals surface area contributed by atoms with E-state index in [0.717, 1.165) is 5.57 Å². The van der Waals surface area contributed by atoms with E-state index >= 15 is 0 Å². The van der Waals surface area contributed by atoms with E-state index in [1.807, 2.05) is 42.5 Å². The van der Waals surface area contributed by atoms with Crippen LogP contribution in [0, 0.1) is 0 Å². The topological polar surface area (TPSA) is 0 Å². The molecule has 0 aliphatic rings. The highest BCUT2D eigenvalue weighted by Crippen LogP contribution is 2.04. The molecule has 0 atom stereocenters. The Hall–Kier alpha value is -1.82. The summed E-state index contributed by atoms with van der Waals surface area (Å²) in [5.41, 5.74) is 2.15. The Kier molecular flexibility index (Phi) is 4.22. The van der Waals surface area contributed by atoms with Crippen molar-refractivity contribution in [3.8, 4) is 0 Å². The third-order valence-electron chi connectivity index (χ3n) is 1.74. The van der Waals surface area contributed by atoms with Gasteiger partial charge in [0.1, 0.15) is 0 Å². The molecule has 0 saturated heterocycles. The minimum atomic E-state index is 0.966. The van der Waals surface area contributed by atoms with Crippen LogP contribution in [0.2, 0.25) is 0 Å². The van der Waals surface area contributed by atoms with Crippen LogP contribution < -0.4 is 0 Å². The summed E-state index contributed by atoms with van der Waals surface area (Å²) in [5, 5.41) is 0. The molecular weight excluding hydrogens is 168 g/mol. The number of allylic oxidation sites excluding steroid dienone is 5. The zero-order chi connectivity index (χ0) is 10.2. The summed E-state index contributed by atoms with van der Waals surface area (Å²) < 4.78 is 0. The lowest BCUT2D eigenvalue weighted by atomic mass is 10.1. The van der Waals surface area contributed by atoms with Crippen LogP contribution in [0.1, 0.15) is 5.56 Å². The van der Waals surface area contributed by atoms with Crippen LogP contribution in [0.25, 0.3) is 6.08 Å². The smallest absolute Gasteiger partial charge is 0.0256 e. The van der Waals surface area contributed by atoms with Gasteiger partial charge in [-0.25, -0.2) is 0 Å². The van der Waals surface area contributed by atoms with Gasteiger partial charge in [-0.1, -0.05) is 73.9 Å². The molecule has 70 valence electrons. The Bertz CT molecular complexity index is 353. The fraction of sp³-hybridized carbons (Fsp3) is 0. The van der Waals surface area contributed by atoms with Crippen LogP contribution in [0.5, 0.6) is 0 Å². The van der Waals surface area contributed by atoms with E-state index in [1.165, 1.54) is 5.56 Å². The zero-order valence-electron chi connectivity index (χ0n) is 8.19. The average molecular weight is 182 g/mol. The molecule has 0 N–H and O–H groups in total. The molecule has 14 heavy (non-hydrogen) atoms. The second-order valence-corrected chi connectivity index (χ2v) is 2.91. The molecule has 1 rings (SSSR count). The fourth-order valence-corrected chi connectivity index (χ4v) is 1.01. The first kappa shape index (κ1) is 10.3. The maximum absolute atomic E-state index is 3.89. The fourth-order valence-electron chi connectivity index (χ4n) is 1.01. The molecule has 0 heterocycles. The van der Waals surface area contributed by atoms with Crippen molar-refractivity contribution < 1.29 is 0 Å². The van der Waals surface area contributed by atoms with Gasteiger partial charge < -0.3 is 0 Å². The monoisotopic (exact) mass is 182 g/mol. The quantitative estimate of drug-likeness (QED) is 0.617. The molecule has 0 aliphatic carbocycles. The second-order valence-electron chi connectivity index (χ2n) is 2.91. The van der Waals surface area contributed by atoms with Gasteiger partial charge in [-0.2, -0.15) is 0 Å². The lowest BCUT2D eigenvalue weighted by Crippen LogP contribution is -1.70. The molecule has 0 bridgehead atoms. The Morgan fingerprint density at radius 2 is 1.79 bits per heavy atom. The minimum absolute atomic E-state index is 0.966. The largest absolute Gasteiger partial charge is 0.0991 e. The summed E-state index contributed by atoms with van der Waals surface area (Å²) in [5.74, 6) is 0. The molecule has 1 aromatic rings. The van der Waals surface area contributed by atoms with Crippen LogP contribution in [0.4, 0.5) is 0 Å². The van der Waals surface area contributed by atoms with E-state index in [-0.39, 0.29) is 0 Å². The van der Waals surface area contributed by atoms with Crippen LogP contribution >= 0.6 is 0 Å². The van der Waals surface area contributed by atoms with Gasteiger partial charge in [0.05, 0.1) is 0 Å². The van der Waals surface area contributed by atoms with Crippen molar-refractivity contribution in [3.05, 3.63) is 78.9 Å². The maximum atomic E-state index is 3.89. The SMILES string of the molecule is C=C/C=C\C(=C)C=Cc1ccccc1. The molecule has 0 heteroatoms. The zero-order valence-corrected chi connectivity index (χ0v) is 8.19. The van der Waals surface area contributed by atoms with Crippen molar-refractivity contribution in [2.45, 2.75) is 0 Å². The molecule has 0 spiro atoms. The van der Waals surface area contributed by atoms with Gasteiger partial charge in [0.2, 0.25) is 0 Å². The Labute approximate surface area is 85.6 Å². The van der Waals surface area contributed by atoms with Gasteiger partial charge in [0.25, 0.3) is 0 Å². The van der Waals surface area contributed by atoms with Gasteiger partial charge in [0.15, 0.2) is 0 Å². The minimum Gasteiger partial charge on any atom is -0.0991 e. The second kappa shape index (κ2) is 5.76. The highest BCUT2D eigenvalue weighted by atomic mass is 13.9. The van der Waals surface area contributed by atoms with Crippen molar-refractivity contribution in [1.82, 2.24) is 0 Å². The summed E-state index contributed by atoms with van der Waals surface area (Å²) in [6.07, 6.45) is 9.55. The van der Waals surface area contributed by atoms with E-state index in [4.69, 9.17) is 0 Å². The van der Waals surface area contributed by atoms with E-state index in [2.05, 4.69) is 25.3 Å². The molecule has 1 aromatic carbocycles. The number of rotatable bonds is 4. The van der Waals surface area contributed by atoms with Gasteiger partial charge in [-0.05, 0) is 11.1 Å². The molecule has 0 radical (unpaired) electrons. The summed E-state index contributed by atoms with van der Waals surface area (Å²) in [6.45, 7) is 7.48. The summed E-state index contributed by atoms with van der Waals surface area (Å²) in [6, 6.07) is 10.1. The molecule has 0 aromatic heterocycles. The first-order chi connectivity index (χ1) is 6.83. The normalized spacial score (nSPS) is 10.9. The molecule has 0 fully saturated rings. The Balaban J connectivity index is 2.60. The van der Waals surface area contributed by atoms with E-state index < -0.39 is 0 Å². The van der Waals surface area contributed by atoms with Crippen LogP contribution in [-0.4, -0.2) is 0 Å². The third kappa shape index (κ3) is 3.72. The van der Waals surface area contributed by atoms with Crippen LogP contribution in [0.3, 0.4) is 0 Å². The molecule has 0 aliphatic heterocycles. The van der Waals surface area contributed by atoms with Crippen molar-refractivity contribution in [3.63, 3.8) is 0 Å². The number of hydrogen-bond donors (Lipinski definition) is 0. The maximum Gasteiger partial charge on any atom is -0.0256 e. The lowest BCUT2D eigenvalue weighted by molar-refractivity contribution is 1.65. The Morgan fingerprint density at radius 1 is 1.07 bits per heavy atom. The van der Waals surface area contributed by atoms with Crippen LogP contribution in [0.15, 0.2) is 73.4 Å². The van der Waals surface area contributed by atoms with Gasteiger partial charge in [-0.3, -0.25) is 0 Å². The van der Waals surface area contributed by atoms with Crippen molar-refractivity contribution >= 4 is 6.08 Å². The highest BCUT2D eigenvalue weighted by molar-refractivity contribution is 5.53. The van der Waals surface area contributed by atoms with E-state index in [0.29, 0.717) is 0 Å². The molecular formula is C14H14. The van der Waals surface area contributed by atoms with Crippen molar-refractivity contribution in [2.24, 2.45) is 0 Å². The van der Waals surface area contributed by atoms with Crippen LogP contribution in [-0.2, 0) is 0 Å². The predicted octanol–water partition coefficient (Wildman–Crippen LogP) is 4.00. The predicted molar refractivity (Wildman–Crippen MR) is 64.0 cm³/mol.